The second kappa shape index (κ2) is 10.9. The number of benzene rings is 2. The molecule has 5 N–H and O–H groups in total. The number of fused-ring (bicyclic) bond motifs is 5. The lowest BCUT2D eigenvalue weighted by atomic mass is 9.95. The molecule has 1 aliphatic carbocycles. The van der Waals surface area contributed by atoms with Gasteiger partial charge >= 0.3 is 0 Å². The van der Waals surface area contributed by atoms with Crippen molar-refractivity contribution in [2.24, 2.45) is 0 Å². The lowest BCUT2D eigenvalue weighted by molar-refractivity contribution is -0.277. The van der Waals surface area contributed by atoms with Crippen molar-refractivity contribution >= 4 is 5.78 Å². The highest BCUT2D eigenvalue weighted by molar-refractivity contribution is 5.80. The maximum absolute atomic E-state index is 12.4. The molecule has 2 aliphatic rings. The summed E-state index contributed by atoms with van der Waals surface area (Å²) in [5.74, 6) is 0.841. The molecule has 9 heteroatoms. The van der Waals surface area contributed by atoms with Crippen molar-refractivity contribution in [1.29, 1.82) is 0 Å². The number of aliphatic hydroxyl groups excluding tert-OH is 4. The highest BCUT2D eigenvalue weighted by Crippen LogP contribution is 2.42. The molecule has 35 heavy (non-hydrogen) atoms. The lowest BCUT2D eigenvalue weighted by Gasteiger charge is -2.39. The maximum atomic E-state index is 12.4. The van der Waals surface area contributed by atoms with E-state index in [0.29, 0.717) is 36.1 Å². The van der Waals surface area contributed by atoms with Gasteiger partial charge in [0.25, 0.3) is 0 Å². The fraction of sp³-hybridized carbons (Fsp3) is 0.500. The van der Waals surface area contributed by atoms with Crippen LogP contribution in [0.15, 0.2) is 30.3 Å². The Labute approximate surface area is 203 Å². The SMILES string of the molecule is COc1cc(OC2OC(CO)C(O)C(O)C2O)c2cc1CCC(=O)CCCCc1ccc(O)c-2c1. The number of rotatable bonds is 4. The van der Waals surface area contributed by atoms with Gasteiger partial charge in [0, 0.05) is 30.0 Å². The second-order valence-electron chi connectivity index (χ2n) is 9.07. The third-order valence-electron chi connectivity index (χ3n) is 6.67. The van der Waals surface area contributed by atoms with E-state index in [9.17, 15) is 30.3 Å². The third-order valence-corrected chi connectivity index (χ3v) is 6.67. The Kier molecular flexibility index (Phi) is 7.93. The molecule has 190 valence electrons. The number of phenolic OH excluding ortho intramolecular Hbond substituents is 1. The Bertz CT molecular complexity index is 1050. The molecule has 2 aromatic rings. The van der Waals surface area contributed by atoms with Gasteiger partial charge in [-0.15, -0.1) is 0 Å². The zero-order valence-corrected chi connectivity index (χ0v) is 19.6. The molecule has 9 nitrogen and oxygen atoms in total. The van der Waals surface area contributed by atoms with Gasteiger partial charge in [-0.05, 0) is 55.0 Å². The van der Waals surface area contributed by atoms with Crippen molar-refractivity contribution in [3.8, 4) is 28.4 Å². The van der Waals surface area contributed by atoms with E-state index in [1.807, 2.05) is 12.1 Å². The number of ketones is 1. The van der Waals surface area contributed by atoms with Crippen LogP contribution in [0.25, 0.3) is 11.1 Å². The van der Waals surface area contributed by atoms with E-state index in [1.54, 1.807) is 18.2 Å². The fourth-order valence-corrected chi connectivity index (χ4v) is 4.59. The minimum Gasteiger partial charge on any atom is -0.507 e. The van der Waals surface area contributed by atoms with Crippen molar-refractivity contribution in [1.82, 2.24) is 0 Å². The average molecular weight is 489 g/mol. The first-order valence-corrected chi connectivity index (χ1v) is 11.8. The summed E-state index contributed by atoms with van der Waals surface area (Å²) in [5, 5.41) is 51.0. The quantitative estimate of drug-likeness (QED) is 0.432. The number of methoxy groups -OCH3 is 1. The van der Waals surface area contributed by atoms with Crippen LogP contribution >= 0.6 is 0 Å². The van der Waals surface area contributed by atoms with E-state index >= 15 is 0 Å². The van der Waals surface area contributed by atoms with Crippen molar-refractivity contribution < 1.29 is 44.5 Å². The summed E-state index contributed by atoms with van der Waals surface area (Å²) in [6, 6.07) is 8.67. The number of aromatic hydroxyl groups is 1. The highest BCUT2D eigenvalue weighted by Gasteiger charge is 2.45. The summed E-state index contributed by atoms with van der Waals surface area (Å²) in [6.45, 7) is -0.587. The van der Waals surface area contributed by atoms with Crippen molar-refractivity contribution in [3.05, 3.63) is 41.5 Å². The van der Waals surface area contributed by atoms with E-state index in [1.165, 1.54) is 7.11 Å². The normalized spacial score (nSPS) is 27.3. The van der Waals surface area contributed by atoms with Crippen LogP contribution in [0.1, 0.15) is 36.8 Å². The zero-order chi connectivity index (χ0) is 25.1. The maximum Gasteiger partial charge on any atom is 0.229 e. The second-order valence-corrected chi connectivity index (χ2v) is 9.07. The zero-order valence-electron chi connectivity index (χ0n) is 19.6. The Morgan fingerprint density at radius 2 is 1.69 bits per heavy atom. The number of aryl methyl sites for hydroxylation is 2. The van der Waals surface area contributed by atoms with Crippen LogP contribution in [0.2, 0.25) is 0 Å². The van der Waals surface area contributed by atoms with Gasteiger partial charge in [0.15, 0.2) is 0 Å². The summed E-state index contributed by atoms with van der Waals surface area (Å²) < 4.78 is 17.1. The first-order valence-electron chi connectivity index (χ1n) is 11.8. The smallest absolute Gasteiger partial charge is 0.229 e. The lowest BCUT2D eigenvalue weighted by Crippen LogP contribution is -2.60. The minimum atomic E-state index is -1.60. The number of carbonyl (C=O) groups is 1. The minimum absolute atomic E-state index is 0.0227. The summed E-state index contributed by atoms with van der Waals surface area (Å²) in [4.78, 5) is 12.4. The molecule has 4 bridgehead atoms. The molecule has 5 atom stereocenters. The van der Waals surface area contributed by atoms with Gasteiger partial charge in [-0.1, -0.05) is 6.07 Å². The summed E-state index contributed by atoms with van der Waals surface area (Å²) >= 11 is 0. The standard InChI is InChI=1S/C26H32O9/c1-33-20-12-21(34-26-25(32)24(31)23(30)22(13-27)35-26)18-11-15(20)7-8-16(28)5-3-2-4-14-6-9-19(29)17(18)10-14/h6,9-12,22-27,29-32H,2-5,7-8,13H2,1H3. The van der Waals surface area contributed by atoms with Crippen LogP contribution in [-0.2, 0) is 22.4 Å². The summed E-state index contributed by atoms with van der Waals surface area (Å²) in [7, 11) is 1.49. The van der Waals surface area contributed by atoms with Gasteiger partial charge in [0.05, 0.1) is 13.7 Å². The van der Waals surface area contributed by atoms with Gasteiger partial charge in [-0.25, -0.2) is 0 Å². The number of aliphatic hydroxyl groups is 4. The van der Waals surface area contributed by atoms with E-state index in [4.69, 9.17) is 14.2 Å². The Hall–Kier alpha value is -2.69. The molecular weight excluding hydrogens is 456 g/mol. The van der Waals surface area contributed by atoms with E-state index in [-0.39, 0.29) is 17.3 Å². The number of hydrogen-bond acceptors (Lipinski definition) is 9. The Morgan fingerprint density at radius 3 is 2.43 bits per heavy atom. The number of hydrogen-bond donors (Lipinski definition) is 5. The number of ether oxygens (including phenoxy) is 3. The first-order chi connectivity index (χ1) is 16.8. The monoisotopic (exact) mass is 488 g/mol. The van der Waals surface area contributed by atoms with E-state index < -0.39 is 37.3 Å². The van der Waals surface area contributed by atoms with Gasteiger partial charge in [-0.3, -0.25) is 4.79 Å². The number of phenols is 1. The van der Waals surface area contributed by atoms with Crippen LogP contribution in [0.3, 0.4) is 0 Å². The van der Waals surface area contributed by atoms with Gasteiger partial charge < -0.3 is 39.7 Å². The Morgan fingerprint density at radius 1 is 0.914 bits per heavy atom. The first kappa shape index (κ1) is 25.4. The number of carbonyl (C=O) groups excluding carboxylic acids is 1. The van der Waals surface area contributed by atoms with Crippen molar-refractivity contribution in [3.63, 3.8) is 0 Å². The topological polar surface area (TPSA) is 146 Å². The average Bonchev–Trinajstić information content (AvgIpc) is 2.87. The molecule has 1 saturated heterocycles. The molecule has 4 rings (SSSR count). The summed E-state index contributed by atoms with van der Waals surface area (Å²) in [5.41, 5.74) is 2.72. The third kappa shape index (κ3) is 5.44. The van der Waals surface area contributed by atoms with Crippen LogP contribution in [-0.4, -0.2) is 75.7 Å². The molecule has 2 aromatic carbocycles. The number of Topliss-reactive ketones (excluding diaryl/α,β-unsaturated/α-hetero) is 1. The van der Waals surface area contributed by atoms with E-state index in [2.05, 4.69) is 0 Å². The van der Waals surface area contributed by atoms with Crippen LogP contribution < -0.4 is 9.47 Å². The molecule has 0 spiro atoms. The van der Waals surface area contributed by atoms with Crippen LogP contribution in [0.5, 0.6) is 17.2 Å². The van der Waals surface area contributed by atoms with Gasteiger partial charge in [-0.2, -0.15) is 0 Å². The summed E-state index contributed by atoms with van der Waals surface area (Å²) in [6.07, 6.45) is -3.58. The molecule has 0 radical (unpaired) electrons. The molecule has 0 aromatic heterocycles. The van der Waals surface area contributed by atoms with Crippen LogP contribution in [0.4, 0.5) is 0 Å². The van der Waals surface area contributed by atoms with E-state index in [0.717, 1.165) is 30.4 Å². The molecule has 1 aliphatic heterocycles. The van der Waals surface area contributed by atoms with Crippen molar-refractivity contribution in [2.45, 2.75) is 69.2 Å². The molecule has 1 heterocycles. The molecule has 5 unspecified atom stereocenters. The highest BCUT2D eigenvalue weighted by atomic mass is 16.7. The van der Waals surface area contributed by atoms with Crippen LogP contribution in [0, 0.1) is 0 Å². The Balaban J connectivity index is 1.80. The molecule has 1 fully saturated rings. The fourth-order valence-electron chi connectivity index (χ4n) is 4.59. The van der Waals surface area contributed by atoms with Gasteiger partial charge in [0.2, 0.25) is 6.29 Å². The molecule has 0 amide bonds. The molecule has 0 saturated carbocycles. The predicted molar refractivity (Wildman–Crippen MR) is 125 cm³/mol. The largest absolute Gasteiger partial charge is 0.507 e. The molecular formula is C26H32O9. The van der Waals surface area contributed by atoms with Gasteiger partial charge in [0.1, 0.15) is 47.4 Å². The van der Waals surface area contributed by atoms with Crippen molar-refractivity contribution in [2.75, 3.05) is 13.7 Å². The predicted octanol–water partition coefficient (Wildman–Crippen LogP) is 1.47.